The first-order valence-corrected chi connectivity index (χ1v) is 6.88. The number of rotatable bonds is 6. The van der Waals surface area contributed by atoms with Crippen LogP contribution in [-0.2, 0) is 4.74 Å². The fourth-order valence-corrected chi connectivity index (χ4v) is 2.64. The van der Waals surface area contributed by atoms with Crippen molar-refractivity contribution < 1.29 is 4.74 Å². The van der Waals surface area contributed by atoms with Crippen molar-refractivity contribution in [1.29, 1.82) is 0 Å². The molecule has 1 unspecified atom stereocenters. The predicted octanol–water partition coefficient (Wildman–Crippen LogP) is 2.36. The third-order valence-corrected chi connectivity index (χ3v) is 3.49. The topological polar surface area (TPSA) is 38.5 Å². The predicted molar refractivity (Wildman–Crippen MR) is 76.2 cm³/mol. The van der Waals surface area contributed by atoms with E-state index < -0.39 is 0 Å². The summed E-state index contributed by atoms with van der Waals surface area (Å²) in [6.07, 6.45) is 1.38. The largest absolute Gasteiger partial charge is 0.377 e. The summed E-state index contributed by atoms with van der Waals surface area (Å²) < 4.78 is 5.65. The van der Waals surface area contributed by atoms with E-state index in [0.717, 1.165) is 32.7 Å². The fourth-order valence-electron chi connectivity index (χ4n) is 2.64. The summed E-state index contributed by atoms with van der Waals surface area (Å²) in [5.41, 5.74) is 8.52. The number of hydrogen-bond donors (Lipinski definition) is 1. The van der Waals surface area contributed by atoms with Gasteiger partial charge in [0.15, 0.2) is 0 Å². The molecule has 3 heteroatoms. The molecule has 0 saturated carbocycles. The van der Waals surface area contributed by atoms with Crippen LogP contribution < -0.4 is 10.6 Å². The molecule has 1 aromatic rings. The molecule has 0 amide bonds. The molecule has 0 saturated heterocycles. The van der Waals surface area contributed by atoms with Crippen molar-refractivity contribution in [1.82, 2.24) is 0 Å². The molecule has 2 rings (SSSR count). The van der Waals surface area contributed by atoms with Gasteiger partial charge in [-0.2, -0.15) is 0 Å². The standard InChI is InChI=1S/C15H24N2O/c1-12(2)18-10-9-17-11-13(7-8-16)14-5-3-4-6-15(14)17/h3-6,12-13H,7-11,16H2,1-2H3. The van der Waals surface area contributed by atoms with Crippen LogP contribution in [0.15, 0.2) is 24.3 Å². The molecule has 18 heavy (non-hydrogen) atoms. The average Bonchev–Trinajstić information content (AvgIpc) is 2.69. The van der Waals surface area contributed by atoms with Gasteiger partial charge in [-0.05, 0) is 38.4 Å². The van der Waals surface area contributed by atoms with Crippen molar-refractivity contribution in [3.63, 3.8) is 0 Å². The summed E-state index contributed by atoms with van der Waals surface area (Å²) in [7, 11) is 0. The molecule has 2 N–H and O–H groups in total. The van der Waals surface area contributed by atoms with E-state index in [9.17, 15) is 0 Å². The first-order valence-electron chi connectivity index (χ1n) is 6.88. The highest BCUT2D eigenvalue weighted by Crippen LogP contribution is 2.37. The van der Waals surface area contributed by atoms with Gasteiger partial charge in [0.05, 0.1) is 12.7 Å². The van der Waals surface area contributed by atoms with E-state index in [1.54, 1.807) is 0 Å². The maximum absolute atomic E-state index is 5.71. The Hall–Kier alpha value is -1.06. The van der Waals surface area contributed by atoms with Gasteiger partial charge in [-0.15, -0.1) is 0 Å². The third kappa shape index (κ3) is 3.03. The van der Waals surface area contributed by atoms with Crippen molar-refractivity contribution in [2.24, 2.45) is 5.73 Å². The van der Waals surface area contributed by atoms with Crippen LogP contribution in [0, 0.1) is 0 Å². The van der Waals surface area contributed by atoms with Crippen LogP contribution in [0.3, 0.4) is 0 Å². The minimum absolute atomic E-state index is 0.308. The molecule has 0 aliphatic carbocycles. The van der Waals surface area contributed by atoms with Crippen LogP contribution in [0.5, 0.6) is 0 Å². The van der Waals surface area contributed by atoms with Crippen LogP contribution >= 0.6 is 0 Å². The second-order valence-electron chi connectivity index (χ2n) is 5.20. The Morgan fingerprint density at radius 2 is 2.17 bits per heavy atom. The molecule has 1 aliphatic rings. The third-order valence-electron chi connectivity index (χ3n) is 3.49. The Balaban J connectivity index is 2.01. The number of ether oxygens (including phenoxy) is 1. The van der Waals surface area contributed by atoms with Gasteiger partial charge in [-0.1, -0.05) is 18.2 Å². The summed E-state index contributed by atoms with van der Waals surface area (Å²) in [6, 6.07) is 8.68. The molecule has 3 nitrogen and oxygen atoms in total. The van der Waals surface area contributed by atoms with Gasteiger partial charge < -0.3 is 15.4 Å². The maximum atomic E-state index is 5.71. The lowest BCUT2D eigenvalue weighted by atomic mass is 9.98. The molecule has 1 aliphatic heterocycles. The Labute approximate surface area is 110 Å². The molecule has 100 valence electrons. The van der Waals surface area contributed by atoms with E-state index >= 15 is 0 Å². The van der Waals surface area contributed by atoms with Gasteiger partial charge in [-0.25, -0.2) is 0 Å². The average molecular weight is 248 g/mol. The van der Waals surface area contributed by atoms with Crippen LogP contribution in [0.2, 0.25) is 0 Å². The van der Waals surface area contributed by atoms with Crippen molar-refractivity contribution in [3.8, 4) is 0 Å². The van der Waals surface area contributed by atoms with Crippen LogP contribution in [0.4, 0.5) is 5.69 Å². The van der Waals surface area contributed by atoms with Crippen LogP contribution in [0.25, 0.3) is 0 Å². The van der Waals surface area contributed by atoms with Crippen LogP contribution in [-0.4, -0.2) is 32.3 Å². The van der Waals surface area contributed by atoms with Crippen molar-refractivity contribution in [2.45, 2.75) is 32.3 Å². The smallest absolute Gasteiger partial charge is 0.0645 e. The zero-order chi connectivity index (χ0) is 13.0. The normalized spacial score (nSPS) is 18.4. The highest BCUT2D eigenvalue weighted by Gasteiger charge is 2.27. The molecular weight excluding hydrogens is 224 g/mol. The Morgan fingerprint density at radius 1 is 1.39 bits per heavy atom. The molecule has 0 radical (unpaired) electrons. The molecular formula is C15H24N2O. The number of benzene rings is 1. The van der Waals surface area contributed by atoms with Crippen LogP contribution in [0.1, 0.15) is 31.7 Å². The van der Waals surface area contributed by atoms with Gasteiger partial charge in [0, 0.05) is 24.7 Å². The van der Waals surface area contributed by atoms with Gasteiger partial charge in [0.1, 0.15) is 0 Å². The second kappa shape index (κ2) is 6.21. The second-order valence-corrected chi connectivity index (χ2v) is 5.20. The Bertz CT molecular complexity index is 379. The van der Waals surface area contributed by atoms with Gasteiger partial charge in [0.25, 0.3) is 0 Å². The number of hydrogen-bond acceptors (Lipinski definition) is 3. The molecule has 1 atom stereocenters. The van der Waals surface area contributed by atoms with Gasteiger partial charge >= 0.3 is 0 Å². The van der Waals surface area contributed by atoms with Gasteiger partial charge in [0.2, 0.25) is 0 Å². The lowest BCUT2D eigenvalue weighted by Gasteiger charge is -2.20. The van der Waals surface area contributed by atoms with E-state index in [2.05, 4.69) is 43.0 Å². The summed E-state index contributed by atoms with van der Waals surface area (Å²) in [4.78, 5) is 2.43. The lowest BCUT2D eigenvalue weighted by molar-refractivity contribution is 0.0841. The highest BCUT2D eigenvalue weighted by atomic mass is 16.5. The SMILES string of the molecule is CC(C)OCCN1CC(CCN)c2ccccc21. The molecule has 0 fully saturated rings. The highest BCUT2D eigenvalue weighted by molar-refractivity contribution is 5.60. The zero-order valence-corrected chi connectivity index (χ0v) is 11.4. The summed E-state index contributed by atoms with van der Waals surface area (Å²) in [5.74, 6) is 0.588. The zero-order valence-electron chi connectivity index (χ0n) is 11.4. The molecule has 1 aromatic carbocycles. The first kappa shape index (κ1) is 13.4. The monoisotopic (exact) mass is 248 g/mol. The van der Waals surface area contributed by atoms with E-state index in [1.807, 2.05) is 0 Å². The van der Waals surface area contributed by atoms with Crippen molar-refractivity contribution >= 4 is 5.69 Å². The molecule has 0 aromatic heterocycles. The summed E-state index contributed by atoms with van der Waals surface area (Å²) >= 11 is 0. The molecule has 1 heterocycles. The number of anilines is 1. The maximum Gasteiger partial charge on any atom is 0.0645 e. The lowest BCUT2D eigenvalue weighted by Crippen LogP contribution is -2.27. The number of fused-ring (bicyclic) bond motifs is 1. The fraction of sp³-hybridized carbons (Fsp3) is 0.600. The Kier molecular flexibility index (Phi) is 4.61. The minimum Gasteiger partial charge on any atom is -0.377 e. The first-order chi connectivity index (χ1) is 8.72. The van der Waals surface area contributed by atoms with E-state index in [1.165, 1.54) is 11.3 Å². The number of nitrogens with zero attached hydrogens (tertiary/aromatic N) is 1. The minimum atomic E-state index is 0.308. The van der Waals surface area contributed by atoms with Crippen molar-refractivity contribution in [3.05, 3.63) is 29.8 Å². The Morgan fingerprint density at radius 3 is 2.89 bits per heavy atom. The van der Waals surface area contributed by atoms with E-state index in [0.29, 0.717) is 12.0 Å². The number of para-hydroxylation sites is 1. The van der Waals surface area contributed by atoms with E-state index in [-0.39, 0.29) is 0 Å². The van der Waals surface area contributed by atoms with Crippen molar-refractivity contribution in [2.75, 3.05) is 31.1 Å². The van der Waals surface area contributed by atoms with Gasteiger partial charge in [-0.3, -0.25) is 0 Å². The quantitative estimate of drug-likeness (QED) is 0.840. The molecule has 0 bridgehead atoms. The van der Waals surface area contributed by atoms with E-state index in [4.69, 9.17) is 10.5 Å². The summed E-state index contributed by atoms with van der Waals surface area (Å²) in [5, 5.41) is 0. The summed E-state index contributed by atoms with van der Waals surface area (Å²) in [6.45, 7) is 7.76. The number of nitrogens with two attached hydrogens (primary N) is 1. The molecule has 0 spiro atoms.